The Morgan fingerprint density at radius 3 is 2.76 bits per heavy atom. The molecule has 1 aromatic rings. The van der Waals surface area contributed by atoms with Crippen molar-refractivity contribution in [2.45, 2.75) is 13.3 Å². The van der Waals surface area contributed by atoms with Gasteiger partial charge in [0, 0.05) is 32.1 Å². The van der Waals surface area contributed by atoms with Gasteiger partial charge in [-0.25, -0.2) is 0 Å². The fourth-order valence-corrected chi connectivity index (χ4v) is 2.80. The second-order valence-electron chi connectivity index (χ2n) is 6.13. The molecule has 0 bridgehead atoms. The number of benzene rings is 1. The highest BCUT2D eigenvalue weighted by Gasteiger charge is 2.36. The van der Waals surface area contributed by atoms with Gasteiger partial charge in [0.15, 0.2) is 0 Å². The summed E-state index contributed by atoms with van der Waals surface area (Å²) in [4.78, 5) is 28.5. The Hall–Kier alpha value is -2.28. The summed E-state index contributed by atoms with van der Waals surface area (Å²) in [7, 11) is 5.13. The van der Waals surface area contributed by atoms with Crippen LogP contribution in [0.15, 0.2) is 18.2 Å². The minimum atomic E-state index is -0.352. The van der Waals surface area contributed by atoms with Crippen LogP contribution in [0.25, 0.3) is 0 Å². The average Bonchev–Trinajstić information content (AvgIpc) is 3.02. The highest BCUT2D eigenvalue weighted by atomic mass is 16.5. The number of ether oxygens (including phenoxy) is 2. The van der Waals surface area contributed by atoms with Gasteiger partial charge in [-0.15, -0.1) is 0 Å². The summed E-state index contributed by atoms with van der Waals surface area (Å²) in [6.07, 6.45) is 0.204. The number of likely N-dealkylation sites (N-methyl/N-ethyl adjacent to an activating group) is 1. The lowest BCUT2D eigenvalue weighted by Gasteiger charge is -2.20. The van der Waals surface area contributed by atoms with Crippen molar-refractivity contribution in [1.29, 1.82) is 0 Å². The van der Waals surface area contributed by atoms with E-state index in [0.29, 0.717) is 30.3 Å². The molecule has 138 valence electrons. The molecule has 7 heteroatoms. The SMILES string of the molecule is CCN(C)CCNC(=O)C1CC(=O)N(c2cc(OC)ccc2OC)C1. The van der Waals surface area contributed by atoms with Crippen LogP contribution in [-0.4, -0.2) is 64.2 Å². The molecule has 2 rings (SSSR count). The smallest absolute Gasteiger partial charge is 0.227 e. The summed E-state index contributed by atoms with van der Waals surface area (Å²) in [5, 5.41) is 2.92. The molecule has 1 unspecified atom stereocenters. The molecule has 25 heavy (non-hydrogen) atoms. The zero-order valence-electron chi connectivity index (χ0n) is 15.4. The van der Waals surface area contributed by atoms with Gasteiger partial charge < -0.3 is 24.6 Å². The van der Waals surface area contributed by atoms with Gasteiger partial charge in [0.1, 0.15) is 11.5 Å². The third kappa shape index (κ3) is 4.63. The van der Waals surface area contributed by atoms with Crippen molar-refractivity contribution in [2.75, 3.05) is 52.3 Å². The summed E-state index contributed by atoms with van der Waals surface area (Å²) in [5.41, 5.74) is 0.632. The standard InChI is InChI=1S/C18H27N3O4/c1-5-20(2)9-8-19-18(23)13-10-17(22)21(12-13)15-11-14(24-3)6-7-16(15)25-4/h6-7,11,13H,5,8-10,12H2,1-4H3,(H,19,23). The van der Waals surface area contributed by atoms with E-state index in [1.54, 1.807) is 37.3 Å². The largest absolute Gasteiger partial charge is 0.497 e. The van der Waals surface area contributed by atoms with E-state index in [2.05, 4.69) is 17.1 Å². The van der Waals surface area contributed by atoms with Crippen LogP contribution in [0.1, 0.15) is 13.3 Å². The molecule has 1 saturated heterocycles. The number of carbonyl (C=O) groups excluding carboxylic acids is 2. The summed E-state index contributed by atoms with van der Waals surface area (Å²) < 4.78 is 10.6. The minimum Gasteiger partial charge on any atom is -0.497 e. The van der Waals surface area contributed by atoms with E-state index >= 15 is 0 Å². The van der Waals surface area contributed by atoms with Gasteiger partial charge in [0.2, 0.25) is 11.8 Å². The maximum absolute atomic E-state index is 12.4. The molecule has 1 fully saturated rings. The van der Waals surface area contributed by atoms with Crippen LogP contribution in [0.5, 0.6) is 11.5 Å². The molecule has 2 amide bonds. The molecule has 0 aromatic heterocycles. The van der Waals surface area contributed by atoms with Crippen LogP contribution >= 0.6 is 0 Å². The van der Waals surface area contributed by atoms with E-state index < -0.39 is 0 Å². The van der Waals surface area contributed by atoms with Crippen molar-refractivity contribution in [2.24, 2.45) is 5.92 Å². The number of hydrogen-bond donors (Lipinski definition) is 1. The Kier molecular flexibility index (Phi) is 6.64. The first-order valence-corrected chi connectivity index (χ1v) is 8.48. The summed E-state index contributed by atoms with van der Waals surface area (Å²) in [5.74, 6) is 0.703. The second-order valence-corrected chi connectivity index (χ2v) is 6.13. The van der Waals surface area contributed by atoms with E-state index in [0.717, 1.165) is 13.1 Å². The quantitative estimate of drug-likeness (QED) is 0.762. The van der Waals surface area contributed by atoms with Crippen molar-refractivity contribution in [3.8, 4) is 11.5 Å². The van der Waals surface area contributed by atoms with Gasteiger partial charge in [-0.3, -0.25) is 9.59 Å². The highest BCUT2D eigenvalue weighted by Crippen LogP contribution is 2.35. The Balaban J connectivity index is 2.03. The van der Waals surface area contributed by atoms with E-state index in [4.69, 9.17) is 9.47 Å². The molecule has 1 heterocycles. The Bertz CT molecular complexity index is 620. The molecule has 7 nitrogen and oxygen atoms in total. The Morgan fingerprint density at radius 2 is 2.12 bits per heavy atom. The van der Waals surface area contributed by atoms with Gasteiger partial charge in [-0.05, 0) is 25.7 Å². The number of nitrogens with one attached hydrogen (secondary N) is 1. The third-order valence-electron chi connectivity index (χ3n) is 4.51. The van der Waals surface area contributed by atoms with Gasteiger partial charge in [0.25, 0.3) is 0 Å². The molecule has 1 aliphatic heterocycles. The molecular formula is C18H27N3O4. The van der Waals surface area contributed by atoms with Crippen LogP contribution in [-0.2, 0) is 9.59 Å². The lowest BCUT2D eigenvalue weighted by molar-refractivity contribution is -0.126. The number of nitrogens with zero attached hydrogens (tertiary/aromatic N) is 2. The first-order chi connectivity index (χ1) is 12.0. The molecule has 1 aliphatic rings. The Morgan fingerprint density at radius 1 is 1.36 bits per heavy atom. The first kappa shape index (κ1) is 19.1. The van der Waals surface area contributed by atoms with Crippen LogP contribution in [0, 0.1) is 5.92 Å². The van der Waals surface area contributed by atoms with Crippen molar-refractivity contribution in [3.05, 3.63) is 18.2 Å². The zero-order chi connectivity index (χ0) is 18.4. The molecule has 0 aliphatic carbocycles. The predicted molar refractivity (Wildman–Crippen MR) is 96.2 cm³/mol. The number of anilines is 1. The molecule has 1 atom stereocenters. The van der Waals surface area contributed by atoms with E-state index in [9.17, 15) is 9.59 Å². The average molecular weight is 349 g/mol. The van der Waals surface area contributed by atoms with Gasteiger partial charge in [-0.1, -0.05) is 6.92 Å². The molecule has 1 N–H and O–H groups in total. The third-order valence-corrected chi connectivity index (χ3v) is 4.51. The summed E-state index contributed by atoms with van der Waals surface area (Å²) in [6, 6.07) is 5.29. The fraction of sp³-hybridized carbons (Fsp3) is 0.556. The van der Waals surface area contributed by atoms with Crippen molar-refractivity contribution in [1.82, 2.24) is 10.2 Å². The molecule has 0 spiro atoms. The number of rotatable bonds is 8. The van der Waals surface area contributed by atoms with Gasteiger partial charge >= 0.3 is 0 Å². The topological polar surface area (TPSA) is 71.1 Å². The van der Waals surface area contributed by atoms with Crippen LogP contribution in [0.3, 0.4) is 0 Å². The fourth-order valence-electron chi connectivity index (χ4n) is 2.80. The van der Waals surface area contributed by atoms with Gasteiger partial charge in [0.05, 0.1) is 25.8 Å². The number of methoxy groups -OCH3 is 2. The normalized spacial score (nSPS) is 17.1. The number of hydrogen-bond acceptors (Lipinski definition) is 5. The van der Waals surface area contributed by atoms with Crippen molar-refractivity contribution >= 4 is 17.5 Å². The maximum Gasteiger partial charge on any atom is 0.227 e. The zero-order valence-corrected chi connectivity index (χ0v) is 15.4. The summed E-state index contributed by atoms with van der Waals surface area (Å²) in [6.45, 7) is 4.71. The highest BCUT2D eigenvalue weighted by molar-refractivity contribution is 6.01. The first-order valence-electron chi connectivity index (χ1n) is 8.48. The van der Waals surface area contributed by atoms with E-state index in [-0.39, 0.29) is 24.2 Å². The number of amides is 2. The van der Waals surface area contributed by atoms with Crippen LogP contribution in [0.2, 0.25) is 0 Å². The molecular weight excluding hydrogens is 322 g/mol. The van der Waals surface area contributed by atoms with E-state index in [1.807, 2.05) is 7.05 Å². The minimum absolute atomic E-state index is 0.0813. The van der Waals surface area contributed by atoms with Crippen LogP contribution < -0.4 is 19.7 Å². The Labute approximate surface area is 148 Å². The maximum atomic E-state index is 12.4. The second kappa shape index (κ2) is 8.71. The van der Waals surface area contributed by atoms with E-state index in [1.165, 1.54) is 0 Å². The monoisotopic (exact) mass is 349 g/mol. The lowest BCUT2D eigenvalue weighted by Crippen LogP contribution is -2.37. The molecule has 0 radical (unpaired) electrons. The predicted octanol–water partition coefficient (Wildman–Crippen LogP) is 1.12. The van der Waals surface area contributed by atoms with Gasteiger partial charge in [-0.2, -0.15) is 0 Å². The summed E-state index contributed by atoms with van der Waals surface area (Å²) >= 11 is 0. The van der Waals surface area contributed by atoms with Crippen molar-refractivity contribution in [3.63, 3.8) is 0 Å². The number of carbonyl (C=O) groups is 2. The van der Waals surface area contributed by atoms with Crippen LogP contribution in [0.4, 0.5) is 5.69 Å². The molecule has 0 saturated carbocycles. The van der Waals surface area contributed by atoms with Crippen molar-refractivity contribution < 1.29 is 19.1 Å². The lowest BCUT2D eigenvalue weighted by atomic mass is 10.1. The molecule has 1 aromatic carbocycles.